The lowest BCUT2D eigenvalue weighted by molar-refractivity contribution is 0.986. The lowest BCUT2D eigenvalue weighted by Gasteiger charge is -2.18. The number of halogens is 2. The number of hydrogen-bond acceptors (Lipinski definition) is 3. The van der Waals surface area contributed by atoms with E-state index in [-0.39, 0.29) is 12.1 Å². The van der Waals surface area contributed by atoms with Crippen LogP contribution in [0.3, 0.4) is 0 Å². The third kappa shape index (κ3) is 2.94. The molecule has 5 heteroatoms. The Bertz CT molecular complexity index is 1800. The molecule has 0 amide bonds. The number of para-hydroxylation sites is 2. The zero-order chi connectivity index (χ0) is 25.0. The fraction of sp³-hybridized carbons (Fsp3) is 0.125. The molecule has 2 nitrogen and oxygen atoms in total. The Morgan fingerprint density at radius 2 is 1.03 bits per heavy atom. The summed E-state index contributed by atoms with van der Waals surface area (Å²) in [5, 5.41) is 5.36. The standard InChI is InChI=1S/C32H22Br2N2S/c1-35-25-9-5-3-7-19(25)29-17-11-13-23(33)31(21(17)15-27(29)35)37-32-22-16-28-30(18(22)12-14-24(32)34)20-8-4-6-10-26(20)36(28)2/h3-16,27-28H,1-2H3. The van der Waals surface area contributed by atoms with Gasteiger partial charge in [0.1, 0.15) is 0 Å². The molecule has 0 radical (unpaired) electrons. The van der Waals surface area contributed by atoms with Crippen LogP contribution in [0.4, 0.5) is 11.4 Å². The summed E-state index contributed by atoms with van der Waals surface area (Å²) in [6.45, 7) is 0. The Balaban J connectivity index is 1.35. The first-order chi connectivity index (χ1) is 18.0. The zero-order valence-electron chi connectivity index (χ0n) is 20.3. The highest BCUT2D eigenvalue weighted by Crippen LogP contribution is 2.42. The van der Waals surface area contributed by atoms with Crippen LogP contribution in [0.2, 0.25) is 0 Å². The lowest BCUT2D eigenvalue weighted by Crippen LogP contribution is -2.28. The van der Waals surface area contributed by atoms with E-state index in [1.165, 1.54) is 64.3 Å². The fourth-order valence-corrected chi connectivity index (χ4v) is 8.88. The van der Waals surface area contributed by atoms with Crippen LogP contribution in [0.15, 0.2) is 91.5 Å². The second-order valence-electron chi connectivity index (χ2n) is 10.1. The number of hydrogen-bond donors (Lipinski definition) is 0. The van der Waals surface area contributed by atoms with Gasteiger partial charge in [-0.2, -0.15) is 0 Å². The van der Waals surface area contributed by atoms with Crippen molar-refractivity contribution in [1.82, 2.24) is 0 Å². The normalized spacial score (nSPS) is 19.7. The van der Waals surface area contributed by atoms with E-state index in [1.807, 2.05) is 11.8 Å². The van der Waals surface area contributed by atoms with Crippen LogP contribution in [0, 0.1) is 0 Å². The van der Waals surface area contributed by atoms with Crippen molar-refractivity contribution in [3.63, 3.8) is 0 Å². The van der Waals surface area contributed by atoms with Crippen molar-refractivity contribution in [3.8, 4) is 0 Å². The minimum Gasteiger partial charge on any atom is -0.363 e. The van der Waals surface area contributed by atoms with Crippen LogP contribution in [-0.4, -0.2) is 26.2 Å². The molecule has 2 unspecified atom stereocenters. The molecule has 4 aliphatic rings. The molecule has 0 saturated carbocycles. The van der Waals surface area contributed by atoms with Gasteiger partial charge < -0.3 is 9.80 Å². The van der Waals surface area contributed by atoms with Crippen LogP contribution in [0.1, 0.15) is 11.1 Å². The van der Waals surface area contributed by atoms with Crippen molar-refractivity contribution in [1.29, 1.82) is 0 Å². The highest BCUT2D eigenvalue weighted by molar-refractivity contribution is 9.11. The molecule has 0 saturated heterocycles. The van der Waals surface area contributed by atoms with Gasteiger partial charge in [-0.15, -0.1) is 0 Å². The predicted molar refractivity (Wildman–Crippen MR) is 162 cm³/mol. The van der Waals surface area contributed by atoms with Gasteiger partial charge in [0.2, 0.25) is 0 Å². The van der Waals surface area contributed by atoms with Crippen molar-refractivity contribution in [3.05, 3.63) is 114 Å². The highest BCUT2D eigenvalue weighted by atomic mass is 79.9. The van der Waals surface area contributed by atoms with E-state index in [9.17, 15) is 0 Å². The zero-order valence-corrected chi connectivity index (χ0v) is 24.3. The number of benzene rings is 4. The van der Waals surface area contributed by atoms with Crippen molar-refractivity contribution in [2.45, 2.75) is 21.9 Å². The minimum atomic E-state index is 0.276. The summed E-state index contributed by atoms with van der Waals surface area (Å²) in [5.74, 6) is 0. The average Bonchev–Trinajstić information content (AvgIpc) is 3.63. The van der Waals surface area contributed by atoms with Crippen LogP contribution < -0.4 is 30.7 Å². The number of anilines is 2. The third-order valence-electron chi connectivity index (χ3n) is 8.30. The number of rotatable bonds is 2. The summed E-state index contributed by atoms with van der Waals surface area (Å²) in [6.07, 6.45) is 4.90. The van der Waals surface area contributed by atoms with E-state index in [4.69, 9.17) is 0 Å². The van der Waals surface area contributed by atoms with Crippen LogP contribution in [0.5, 0.6) is 0 Å². The Morgan fingerprint density at radius 3 is 1.49 bits per heavy atom. The number of likely N-dealkylation sites (N-methyl/N-ethyl adjacent to an activating group) is 2. The Kier molecular flexibility index (Phi) is 4.75. The molecule has 0 bridgehead atoms. The molecule has 2 atom stereocenters. The molecule has 0 N–H and O–H groups in total. The molecule has 2 aliphatic carbocycles. The molecular formula is C32H22Br2N2S. The van der Waals surface area contributed by atoms with Gasteiger partial charge in [-0.1, -0.05) is 60.3 Å². The van der Waals surface area contributed by atoms with E-state index in [0.29, 0.717) is 0 Å². The van der Waals surface area contributed by atoms with E-state index >= 15 is 0 Å². The summed E-state index contributed by atoms with van der Waals surface area (Å²) in [5.41, 5.74) is 8.18. The second kappa shape index (κ2) is 7.89. The first kappa shape index (κ1) is 22.3. The molecule has 0 spiro atoms. The molecule has 2 aliphatic heterocycles. The van der Waals surface area contributed by atoms with E-state index < -0.39 is 0 Å². The van der Waals surface area contributed by atoms with Crippen molar-refractivity contribution < 1.29 is 0 Å². The van der Waals surface area contributed by atoms with Crippen LogP contribution >= 0.6 is 43.6 Å². The summed E-state index contributed by atoms with van der Waals surface area (Å²) >= 11 is 9.71. The monoisotopic (exact) mass is 624 g/mol. The first-order valence-electron chi connectivity index (χ1n) is 12.4. The van der Waals surface area contributed by atoms with Crippen molar-refractivity contribution in [2.75, 3.05) is 23.9 Å². The van der Waals surface area contributed by atoms with Crippen LogP contribution in [0.25, 0.3) is 23.3 Å². The molecule has 8 rings (SSSR count). The quantitative estimate of drug-likeness (QED) is 0.310. The van der Waals surface area contributed by atoms with Gasteiger partial charge in [-0.3, -0.25) is 0 Å². The molecule has 37 heavy (non-hydrogen) atoms. The SMILES string of the molecule is CN1c2ccccc2C2=c3ccc(Br)c(Sc4c(Br)ccc5c4=CC4C=5c5ccccc5N4C)c3=CC21. The molecular weight excluding hydrogens is 604 g/mol. The Labute approximate surface area is 236 Å². The lowest BCUT2D eigenvalue weighted by atomic mass is 10.0. The minimum absolute atomic E-state index is 0.276. The molecule has 2 heterocycles. The van der Waals surface area contributed by atoms with Gasteiger partial charge in [0, 0.05) is 55.3 Å². The van der Waals surface area contributed by atoms with Gasteiger partial charge in [0.25, 0.3) is 0 Å². The summed E-state index contributed by atoms with van der Waals surface area (Å²) < 4.78 is 2.28. The Hall–Kier alpha value is -2.73. The maximum absolute atomic E-state index is 3.92. The Morgan fingerprint density at radius 1 is 0.595 bits per heavy atom. The van der Waals surface area contributed by atoms with Gasteiger partial charge in [-0.25, -0.2) is 0 Å². The van der Waals surface area contributed by atoms with E-state index in [1.54, 1.807) is 0 Å². The third-order valence-corrected chi connectivity index (χ3v) is 11.4. The molecule has 0 fully saturated rings. The molecule has 180 valence electrons. The maximum Gasteiger partial charge on any atom is 0.0745 e. The second-order valence-corrected chi connectivity index (χ2v) is 12.8. The van der Waals surface area contributed by atoms with Crippen molar-refractivity contribution in [2.24, 2.45) is 0 Å². The average molecular weight is 626 g/mol. The number of nitrogens with zero attached hydrogens (tertiary/aromatic N) is 2. The highest BCUT2D eigenvalue weighted by Gasteiger charge is 2.35. The summed E-state index contributed by atoms with van der Waals surface area (Å²) in [7, 11) is 4.42. The van der Waals surface area contributed by atoms with Gasteiger partial charge >= 0.3 is 0 Å². The first-order valence-corrected chi connectivity index (χ1v) is 14.8. The van der Waals surface area contributed by atoms with E-state index in [0.717, 1.165) is 8.95 Å². The fourth-order valence-electron chi connectivity index (χ4n) is 6.59. The molecule has 0 aromatic heterocycles. The smallest absolute Gasteiger partial charge is 0.0745 e. The van der Waals surface area contributed by atoms with E-state index in [2.05, 4.69) is 141 Å². The molecule has 4 aromatic rings. The van der Waals surface area contributed by atoms with Gasteiger partial charge in [0.05, 0.1) is 12.1 Å². The van der Waals surface area contributed by atoms with Gasteiger partial charge in [0.15, 0.2) is 0 Å². The topological polar surface area (TPSA) is 6.48 Å². The largest absolute Gasteiger partial charge is 0.363 e. The predicted octanol–water partition coefficient (Wildman–Crippen LogP) is 4.99. The molecule has 4 aromatic carbocycles. The summed E-state index contributed by atoms with van der Waals surface area (Å²) in [6, 6.07) is 27.1. The van der Waals surface area contributed by atoms with Crippen molar-refractivity contribution >= 4 is 78.3 Å². The van der Waals surface area contributed by atoms with Gasteiger partial charge in [-0.05, 0) is 100 Å². The maximum atomic E-state index is 3.92. The summed E-state index contributed by atoms with van der Waals surface area (Å²) in [4.78, 5) is 7.37. The number of fused-ring (bicyclic) bond motifs is 8. The van der Waals surface area contributed by atoms with Crippen LogP contribution in [-0.2, 0) is 0 Å².